The van der Waals surface area contributed by atoms with Gasteiger partial charge in [-0.3, -0.25) is 15.0 Å². The number of aromatic nitrogens is 2. The van der Waals surface area contributed by atoms with Crippen molar-refractivity contribution in [2.45, 2.75) is 19.4 Å². The quantitative estimate of drug-likeness (QED) is 0.659. The molecule has 5 heteroatoms. The minimum absolute atomic E-state index is 0.207. The summed E-state index contributed by atoms with van der Waals surface area (Å²) >= 11 is 0. The minimum Gasteiger partial charge on any atom is -0.387 e. The summed E-state index contributed by atoms with van der Waals surface area (Å²) in [6, 6.07) is 8.33. The fourth-order valence-electron chi connectivity index (χ4n) is 3.07. The van der Waals surface area contributed by atoms with Gasteiger partial charge in [-0.15, -0.1) is 0 Å². The Morgan fingerprint density at radius 3 is 3.05 bits per heavy atom. The number of amidine groups is 1. The second kappa shape index (κ2) is 5.25. The molecule has 0 spiro atoms. The van der Waals surface area contributed by atoms with Gasteiger partial charge in [0.05, 0.1) is 17.0 Å². The predicted molar refractivity (Wildman–Crippen MR) is 80.6 cm³/mol. The number of hydrogen-bond donors (Lipinski definition) is 2. The zero-order chi connectivity index (χ0) is 14.1. The summed E-state index contributed by atoms with van der Waals surface area (Å²) in [4.78, 5) is 2.37. The van der Waals surface area contributed by atoms with E-state index >= 15 is 0 Å². The maximum absolute atomic E-state index is 7.63. The molecule has 0 radical (unpaired) electrons. The lowest BCUT2D eigenvalue weighted by atomic mass is 9.97. The number of benzene rings is 1. The number of hydrogen-bond acceptors (Lipinski definition) is 3. The summed E-state index contributed by atoms with van der Waals surface area (Å²) in [5.74, 6) is 0.527. The second-order valence-corrected chi connectivity index (χ2v) is 5.62. The van der Waals surface area contributed by atoms with E-state index in [0.29, 0.717) is 5.84 Å². The maximum atomic E-state index is 7.63. The molecule has 2 heterocycles. The standard InChI is InChI=1S/C15H21N5/c1-19-14-7-3-2-6-12(14)13(18-19)10-20-8-4-5-11(9-20)15(16)17/h2-3,6-7,11H,4-5,8-10H2,1H3,(H3,16,17). The summed E-state index contributed by atoms with van der Waals surface area (Å²) in [6.45, 7) is 2.78. The normalized spacial score (nSPS) is 20.4. The number of aryl methyl sites for hydroxylation is 1. The van der Waals surface area contributed by atoms with Gasteiger partial charge in [0.2, 0.25) is 0 Å². The molecule has 5 nitrogen and oxygen atoms in total. The Hall–Kier alpha value is -1.88. The van der Waals surface area contributed by atoms with Gasteiger partial charge in [-0.2, -0.15) is 5.10 Å². The Kier molecular flexibility index (Phi) is 3.44. The molecule has 1 fully saturated rings. The minimum atomic E-state index is 0.207. The van der Waals surface area contributed by atoms with Crippen molar-refractivity contribution in [1.29, 1.82) is 5.41 Å². The van der Waals surface area contributed by atoms with Crippen molar-refractivity contribution in [3.63, 3.8) is 0 Å². The van der Waals surface area contributed by atoms with Crippen LogP contribution >= 0.6 is 0 Å². The maximum Gasteiger partial charge on any atom is 0.0949 e. The molecule has 1 aromatic carbocycles. The summed E-state index contributed by atoms with van der Waals surface area (Å²) < 4.78 is 1.94. The van der Waals surface area contributed by atoms with Crippen LogP contribution in [0.4, 0.5) is 0 Å². The molecule has 0 bridgehead atoms. The summed E-state index contributed by atoms with van der Waals surface area (Å²) in [7, 11) is 1.99. The molecule has 2 aromatic rings. The topological polar surface area (TPSA) is 70.9 Å². The molecule has 106 valence electrons. The number of nitrogens with zero attached hydrogens (tertiary/aromatic N) is 3. The molecule has 1 aliphatic rings. The van der Waals surface area contributed by atoms with Crippen LogP contribution in [0.1, 0.15) is 18.5 Å². The Labute approximate surface area is 118 Å². The van der Waals surface area contributed by atoms with Crippen LogP contribution in [-0.4, -0.2) is 33.6 Å². The Bertz CT molecular complexity index is 630. The number of likely N-dealkylation sites (tertiary alicyclic amines) is 1. The van der Waals surface area contributed by atoms with Crippen molar-refractivity contribution in [2.75, 3.05) is 13.1 Å². The van der Waals surface area contributed by atoms with Crippen LogP contribution in [0.2, 0.25) is 0 Å². The number of para-hydroxylation sites is 1. The molecule has 3 rings (SSSR count). The first kappa shape index (κ1) is 13.1. The van der Waals surface area contributed by atoms with E-state index in [1.165, 1.54) is 10.9 Å². The van der Waals surface area contributed by atoms with Crippen LogP contribution in [0, 0.1) is 11.3 Å². The zero-order valence-corrected chi connectivity index (χ0v) is 11.8. The van der Waals surface area contributed by atoms with E-state index in [9.17, 15) is 0 Å². The average molecular weight is 271 g/mol. The monoisotopic (exact) mass is 271 g/mol. The SMILES string of the molecule is Cn1nc(CN2CCCC(C(=N)N)C2)c2ccccc21. The summed E-state index contributed by atoms with van der Waals surface area (Å²) in [5, 5.41) is 13.5. The van der Waals surface area contributed by atoms with Gasteiger partial charge in [0.15, 0.2) is 0 Å². The van der Waals surface area contributed by atoms with Crippen molar-refractivity contribution >= 4 is 16.7 Å². The van der Waals surface area contributed by atoms with Crippen LogP contribution in [0.3, 0.4) is 0 Å². The first-order chi connectivity index (χ1) is 9.65. The van der Waals surface area contributed by atoms with E-state index in [-0.39, 0.29) is 5.92 Å². The van der Waals surface area contributed by atoms with Gasteiger partial charge in [-0.25, -0.2) is 0 Å². The van der Waals surface area contributed by atoms with E-state index in [2.05, 4.69) is 28.2 Å². The third kappa shape index (κ3) is 2.41. The highest BCUT2D eigenvalue weighted by Gasteiger charge is 2.23. The molecule has 0 aliphatic carbocycles. The van der Waals surface area contributed by atoms with Crippen molar-refractivity contribution in [1.82, 2.24) is 14.7 Å². The van der Waals surface area contributed by atoms with Gasteiger partial charge in [-0.05, 0) is 25.5 Å². The van der Waals surface area contributed by atoms with Crippen molar-refractivity contribution in [3.8, 4) is 0 Å². The number of piperidine rings is 1. The molecule has 1 aromatic heterocycles. The van der Waals surface area contributed by atoms with E-state index in [0.717, 1.165) is 38.2 Å². The third-order valence-electron chi connectivity index (χ3n) is 4.15. The van der Waals surface area contributed by atoms with Crippen LogP contribution < -0.4 is 5.73 Å². The number of fused-ring (bicyclic) bond motifs is 1. The van der Waals surface area contributed by atoms with E-state index < -0.39 is 0 Å². The van der Waals surface area contributed by atoms with E-state index in [1.54, 1.807) is 0 Å². The summed E-state index contributed by atoms with van der Waals surface area (Å²) in [5.41, 5.74) is 7.94. The van der Waals surface area contributed by atoms with Crippen LogP contribution in [0.5, 0.6) is 0 Å². The molecular weight excluding hydrogens is 250 g/mol. The largest absolute Gasteiger partial charge is 0.387 e. The molecule has 3 N–H and O–H groups in total. The highest BCUT2D eigenvalue weighted by molar-refractivity contribution is 5.82. The third-order valence-corrected chi connectivity index (χ3v) is 4.15. The van der Waals surface area contributed by atoms with Gasteiger partial charge >= 0.3 is 0 Å². The Morgan fingerprint density at radius 2 is 2.25 bits per heavy atom. The second-order valence-electron chi connectivity index (χ2n) is 5.62. The zero-order valence-electron chi connectivity index (χ0n) is 11.8. The van der Waals surface area contributed by atoms with Gasteiger partial charge < -0.3 is 5.73 Å². The first-order valence-corrected chi connectivity index (χ1v) is 7.12. The van der Waals surface area contributed by atoms with Gasteiger partial charge in [0, 0.05) is 31.4 Å². The van der Waals surface area contributed by atoms with Gasteiger partial charge in [0.1, 0.15) is 0 Å². The van der Waals surface area contributed by atoms with Crippen molar-refractivity contribution < 1.29 is 0 Å². The average Bonchev–Trinajstić information content (AvgIpc) is 2.76. The summed E-state index contributed by atoms with van der Waals surface area (Å²) in [6.07, 6.45) is 2.14. The molecule has 1 saturated heterocycles. The van der Waals surface area contributed by atoms with Crippen LogP contribution in [0.15, 0.2) is 24.3 Å². The van der Waals surface area contributed by atoms with Crippen molar-refractivity contribution in [2.24, 2.45) is 18.7 Å². The lowest BCUT2D eigenvalue weighted by molar-refractivity contribution is 0.194. The van der Waals surface area contributed by atoms with E-state index in [4.69, 9.17) is 11.1 Å². The van der Waals surface area contributed by atoms with E-state index in [1.807, 2.05) is 17.8 Å². The molecule has 0 saturated carbocycles. The molecule has 1 atom stereocenters. The molecule has 0 amide bonds. The van der Waals surface area contributed by atoms with Crippen LogP contribution in [-0.2, 0) is 13.6 Å². The molecular formula is C15H21N5. The van der Waals surface area contributed by atoms with Gasteiger partial charge in [0.25, 0.3) is 0 Å². The predicted octanol–water partition coefficient (Wildman–Crippen LogP) is 1.72. The highest BCUT2D eigenvalue weighted by atomic mass is 15.3. The van der Waals surface area contributed by atoms with Crippen LogP contribution in [0.25, 0.3) is 10.9 Å². The Balaban J connectivity index is 1.81. The lowest BCUT2D eigenvalue weighted by Crippen LogP contribution is -2.40. The number of rotatable bonds is 3. The number of nitrogens with two attached hydrogens (primary N) is 1. The smallest absolute Gasteiger partial charge is 0.0949 e. The highest BCUT2D eigenvalue weighted by Crippen LogP contribution is 2.22. The lowest BCUT2D eigenvalue weighted by Gasteiger charge is -2.31. The fraction of sp³-hybridized carbons (Fsp3) is 0.467. The number of nitrogens with one attached hydrogen (secondary N) is 1. The molecule has 20 heavy (non-hydrogen) atoms. The van der Waals surface area contributed by atoms with Crippen molar-refractivity contribution in [3.05, 3.63) is 30.0 Å². The Morgan fingerprint density at radius 1 is 1.45 bits per heavy atom. The molecule has 1 unspecified atom stereocenters. The first-order valence-electron chi connectivity index (χ1n) is 7.12. The molecule has 1 aliphatic heterocycles. The van der Waals surface area contributed by atoms with Gasteiger partial charge in [-0.1, -0.05) is 18.2 Å². The fourth-order valence-corrected chi connectivity index (χ4v) is 3.07.